The largest absolute Gasteiger partial charge is 1.00 e. The number of hydrogen-bond acceptors (Lipinski definition) is 6. The van der Waals surface area contributed by atoms with Crippen LogP contribution in [-0.2, 0) is 13.1 Å². The van der Waals surface area contributed by atoms with Crippen molar-refractivity contribution in [2.24, 2.45) is 5.73 Å². The van der Waals surface area contributed by atoms with Gasteiger partial charge in [0, 0.05) is 6.07 Å². The molecule has 3 heterocycles. The van der Waals surface area contributed by atoms with Crippen LogP contribution in [0.4, 0.5) is 5.82 Å². The number of amides is 1. The zero-order valence-corrected chi connectivity index (χ0v) is 13.3. The van der Waals surface area contributed by atoms with E-state index in [-0.39, 0.29) is 19.0 Å². The average Bonchev–Trinajstić information content (AvgIpc) is 2.92. The Morgan fingerprint density at radius 3 is 2.92 bits per heavy atom. The van der Waals surface area contributed by atoms with E-state index in [0.29, 0.717) is 29.1 Å². The molecule has 3 aromatic heterocycles. The number of anilines is 1. The summed E-state index contributed by atoms with van der Waals surface area (Å²) in [5, 5.41) is 10.3. The van der Waals surface area contributed by atoms with Crippen molar-refractivity contribution in [2.75, 3.05) is 5.73 Å². The molecule has 1 unspecified atom stereocenters. The highest BCUT2D eigenvalue weighted by Gasteiger charge is 2.16. The van der Waals surface area contributed by atoms with E-state index in [0.717, 1.165) is 0 Å². The van der Waals surface area contributed by atoms with Crippen molar-refractivity contribution in [2.45, 2.75) is 19.2 Å². The van der Waals surface area contributed by atoms with Crippen molar-refractivity contribution < 1.29 is 26.9 Å². The molecule has 126 valence electrons. The fourth-order valence-corrected chi connectivity index (χ4v) is 2.34. The molecule has 0 aromatic carbocycles. The van der Waals surface area contributed by atoms with Crippen molar-refractivity contribution >= 4 is 22.9 Å². The zero-order valence-electron chi connectivity index (χ0n) is 12.6. The number of nitrogen functional groups attached to an aromatic ring is 1. The number of pyridine rings is 1. The Morgan fingerprint density at radius 2 is 2.17 bits per heavy atom. The Balaban J connectivity index is 0.00000208. The number of nitrogens with two attached hydrogens (primary N) is 2. The predicted molar refractivity (Wildman–Crippen MR) is 80.9 cm³/mol. The molecule has 0 radical (unpaired) electrons. The van der Waals surface area contributed by atoms with E-state index < -0.39 is 12.0 Å². The zero-order chi connectivity index (χ0) is 16.4. The molecule has 5 N–H and O–H groups in total. The molecule has 0 saturated heterocycles. The molecule has 24 heavy (non-hydrogen) atoms. The Kier molecular flexibility index (Phi) is 5.27. The van der Waals surface area contributed by atoms with Gasteiger partial charge in [0.25, 0.3) is 5.91 Å². The van der Waals surface area contributed by atoms with Crippen LogP contribution in [0, 0.1) is 0 Å². The van der Waals surface area contributed by atoms with Crippen molar-refractivity contribution in [1.82, 2.24) is 19.5 Å². The van der Waals surface area contributed by atoms with Crippen molar-refractivity contribution in [3.8, 4) is 0 Å². The first kappa shape index (κ1) is 17.6. The van der Waals surface area contributed by atoms with Gasteiger partial charge in [-0.2, -0.15) is 0 Å². The van der Waals surface area contributed by atoms with E-state index in [4.69, 9.17) is 11.5 Å². The predicted octanol–water partition coefficient (Wildman–Crippen LogP) is -4.14. The molecule has 0 aliphatic rings. The van der Waals surface area contributed by atoms with Gasteiger partial charge in [0.2, 0.25) is 0 Å². The fraction of sp³-hybridized carbons (Fsp3) is 0.214. The molecular formula is C14H16ClN7O2. The lowest BCUT2D eigenvalue weighted by atomic mass is 10.2. The van der Waals surface area contributed by atoms with Crippen molar-refractivity contribution in [1.29, 1.82) is 0 Å². The lowest BCUT2D eigenvalue weighted by Crippen LogP contribution is -3.00. The maximum atomic E-state index is 11.2. The van der Waals surface area contributed by atoms with E-state index in [1.807, 2.05) is 0 Å². The molecule has 0 aliphatic heterocycles. The van der Waals surface area contributed by atoms with Crippen LogP contribution < -0.4 is 28.4 Å². The Labute approximate surface area is 143 Å². The smallest absolute Gasteiger partial charge is 0.254 e. The van der Waals surface area contributed by atoms with Crippen LogP contribution in [0.1, 0.15) is 10.4 Å². The molecule has 1 atom stereocenters. The summed E-state index contributed by atoms with van der Waals surface area (Å²) in [5.74, 6) is -0.214. The maximum Gasteiger partial charge on any atom is 0.254 e. The van der Waals surface area contributed by atoms with Gasteiger partial charge < -0.3 is 33.5 Å². The number of rotatable bonds is 5. The number of primary amides is 1. The summed E-state index contributed by atoms with van der Waals surface area (Å²) in [6, 6.07) is 3.32. The summed E-state index contributed by atoms with van der Waals surface area (Å²) < 4.78 is 3.41. The molecule has 0 saturated carbocycles. The van der Waals surface area contributed by atoms with Gasteiger partial charge in [0.1, 0.15) is 23.5 Å². The van der Waals surface area contributed by atoms with Gasteiger partial charge in [-0.3, -0.25) is 4.79 Å². The van der Waals surface area contributed by atoms with Crippen molar-refractivity contribution in [3.63, 3.8) is 0 Å². The minimum Gasteiger partial charge on any atom is -1.00 e. The van der Waals surface area contributed by atoms with Crippen LogP contribution in [0.15, 0.2) is 37.2 Å². The molecule has 0 aliphatic carbocycles. The number of nitrogens with zero attached hydrogens (tertiary/aromatic N) is 5. The van der Waals surface area contributed by atoms with E-state index in [2.05, 4.69) is 15.0 Å². The number of aliphatic hydroxyl groups is 1. The van der Waals surface area contributed by atoms with E-state index >= 15 is 0 Å². The lowest BCUT2D eigenvalue weighted by molar-refractivity contribution is -0.703. The van der Waals surface area contributed by atoms with Crippen LogP contribution in [0.3, 0.4) is 0 Å². The minimum atomic E-state index is -0.711. The molecule has 9 nitrogen and oxygen atoms in total. The maximum absolute atomic E-state index is 11.2. The molecule has 3 rings (SSSR count). The second kappa shape index (κ2) is 7.20. The molecule has 3 aromatic rings. The van der Waals surface area contributed by atoms with Gasteiger partial charge in [0.15, 0.2) is 30.4 Å². The summed E-state index contributed by atoms with van der Waals surface area (Å²) >= 11 is 0. The summed E-state index contributed by atoms with van der Waals surface area (Å²) in [4.78, 5) is 23.3. The fourth-order valence-electron chi connectivity index (χ4n) is 2.34. The summed E-state index contributed by atoms with van der Waals surface area (Å²) in [6.45, 7) is 0.572. The highest BCUT2D eigenvalue weighted by Crippen LogP contribution is 2.14. The molecule has 0 bridgehead atoms. The van der Waals surface area contributed by atoms with Crippen LogP contribution in [0.5, 0.6) is 0 Å². The number of hydrogen-bond donors (Lipinski definition) is 3. The average molecular weight is 350 g/mol. The third-order valence-corrected chi connectivity index (χ3v) is 3.40. The van der Waals surface area contributed by atoms with Crippen LogP contribution >= 0.6 is 0 Å². The first-order valence-corrected chi connectivity index (χ1v) is 6.93. The first-order chi connectivity index (χ1) is 11.0. The normalized spacial score (nSPS) is 11.9. The number of aliphatic hydroxyl groups excluding tert-OH is 1. The standard InChI is InChI=1S/C14H15N7O2.ClH/c15-12-11-14(18-7-17-12)21(8-19-11)6-10(22)5-20-3-1-2-9(4-20)13(16)23;/h1-4,7-8,10,22H,5-6H2,(H3-,15,16,17,18,23);1H. The molecular weight excluding hydrogens is 334 g/mol. The summed E-state index contributed by atoms with van der Waals surface area (Å²) in [7, 11) is 0. The lowest BCUT2D eigenvalue weighted by Gasteiger charge is -2.09. The minimum absolute atomic E-state index is 0. The number of carbonyl (C=O) groups is 1. The van der Waals surface area contributed by atoms with Crippen molar-refractivity contribution in [3.05, 3.63) is 42.7 Å². The summed E-state index contributed by atoms with van der Waals surface area (Å²) in [6.07, 6.45) is 5.55. The number of fused-ring (bicyclic) bond motifs is 1. The Hall–Kier alpha value is -2.78. The van der Waals surface area contributed by atoms with Gasteiger partial charge in [0.05, 0.1) is 12.9 Å². The molecule has 0 fully saturated rings. The van der Waals surface area contributed by atoms with E-state index in [1.165, 1.54) is 6.33 Å². The van der Waals surface area contributed by atoms with E-state index in [9.17, 15) is 9.90 Å². The topological polar surface area (TPSA) is 137 Å². The number of imidazole rings is 1. The van der Waals surface area contributed by atoms with Gasteiger partial charge >= 0.3 is 0 Å². The molecule has 1 amide bonds. The van der Waals surface area contributed by atoms with E-state index in [1.54, 1.807) is 40.0 Å². The van der Waals surface area contributed by atoms with Crippen LogP contribution in [0.2, 0.25) is 0 Å². The van der Waals surface area contributed by atoms with Gasteiger partial charge in [-0.1, -0.05) is 0 Å². The second-order valence-electron chi connectivity index (χ2n) is 5.14. The number of aromatic nitrogens is 5. The Bertz CT molecular complexity index is 867. The number of halogens is 1. The summed E-state index contributed by atoms with van der Waals surface area (Å²) in [5.41, 5.74) is 12.4. The first-order valence-electron chi connectivity index (χ1n) is 6.93. The molecule has 10 heteroatoms. The monoisotopic (exact) mass is 349 g/mol. The van der Waals surface area contributed by atoms with Gasteiger partial charge in [-0.05, 0) is 6.07 Å². The van der Waals surface area contributed by atoms with Gasteiger partial charge in [-0.15, -0.1) is 0 Å². The highest BCUT2D eigenvalue weighted by molar-refractivity contribution is 5.92. The van der Waals surface area contributed by atoms with Crippen LogP contribution in [0.25, 0.3) is 11.2 Å². The third kappa shape index (κ3) is 3.58. The number of carbonyl (C=O) groups excluding carboxylic acids is 1. The second-order valence-corrected chi connectivity index (χ2v) is 5.14. The molecule has 0 spiro atoms. The quantitative estimate of drug-likeness (QED) is 0.400. The van der Waals surface area contributed by atoms with Gasteiger partial charge in [-0.25, -0.2) is 19.5 Å². The highest BCUT2D eigenvalue weighted by atomic mass is 35.5. The third-order valence-electron chi connectivity index (χ3n) is 3.40. The Morgan fingerprint density at radius 1 is 1.38 bits per heavy atom. The van der Waals surface area contributed by atoms with Crippen LogP contribution in [-0.4, -0.2) is 36.6 Å². The SMILES string of the molecule is NC(=O)c1ccc[n+](CC(O)Cn2cnc3c(N)ncnc32)c1.[Cl-].